The van der Waals surface area contributed by atoms with Crippen LogP contribution in [-0.2, 0) is 32.5 Å². The number of carbonyl (C=O) groups excluding carboxylic acids is 1. The Morgan fingerprint density at radius 2 is 1.64 bits per heavy atom. The second kappa shape index (κ2) is 17.0. The van der Waals surface area contributed by atoms with Crippen molar-refractivity contribution in [1.29, 1.82) is 5.26 Å². The Labute approximate surface area is 328 Å². The van der Waals surface area contributed by atoms with E-state index in [-0.39, 0.29) is 36.1 Å². The molecule has 1 saturated heterocycles. The lowest BCUT2D eigenvalue weighted by atomic mass is 9.99. The van der Waals surface area contributed by atoms with E-state index in [0.717, 1.165) is 17.7 Å². The molecule has 13 heteroatoms. The first kappa shape index (κ1) is 42.1. The quantitative estimate of drug-likeness (QED) is 0.132. The third-order valence-electron chi connectivity index (χ3n) is 9.26. The molecular weight excluding hydrogens is 741 g/mol. The first-order valence-corrected chi connectivity index (χ1v) is 19.8. The first-order valence-electron chi connectivity index (χ1n) is 18.4. The van der Waals surface area contributed by atoms with Gasteiger partial charge in [-0.2, -0.15) is 9.57 Å². The number of ether oxygens (including phenoxy) is 4. The summed E-state index contributed by atoms with van der Waals surface area (Å²) in [6, 6.07) is 23.2. The number of hydrogen-bond acceptors (Lipinski definition) is 8. The number of sulfonamides is 1. The van der Waals surface area contributed by atoms with Crippen molar-refractivity contribution in [1.82, 2.24) is 9.21 Å². The van der Waals surface area contributed by atoms with Crippen LogP contribution in [-0.4, -0.2) is 67.4 Å². The lowest BCUT2D eigenvalue weighted by molar-refractivity contribution is -0.0806. The van der Waals surface area contributed by atoms with Gasteiger partial charge in [-0.25, -0.2) is 22.0 Å². The number of methoxy groups -OCH3 is 1. The molecule has 4 aromatic rings. The van der Waals surface area contributed by atoms with E-state index in [2.05, 4.69) is 6.07 Å². The molecule has 0 unspecified atom stereocenters. The number of benzene rings is 4. The molecule has 1 heterocycles. The van der Waals surface area contributed by atoms with E-state index in [4.69, 9.17) is 18.9 Å². The molecule has 0 bridgehead atoms. The molecule has 0 N–H and O–H groups in total. The van der Waals surface area contributed by atoms with Gasteiger partial charge >= 0.3 is 6.09 Å². The second-order valence-corrected chi connectivity index (χ2v) is 17.6. The zero-order valence-electron chi connectivity index (χ0n) is 33.0. The molecule has 1 amide bonds. The fraction of sp³-hybridized carbons (Fsp3) is 0.395. The number of amides is 1. The first-order chi connectivity index (χ1) is 26.3. The molecule has 4 aromatic carbocycles. The third kappa shape index (κ3) is 10.0. The molecule has 1 fully saturated rings. The normalized spacial score (nSPS) is 16.9. The second-order valence-electron chi connectivity index (χ2n) is 15.7. The van der Waals surface area contributed by atoms with Gasteiger partial charge in [-0.15, -0.1) is 0 Å². The van der Waals surface area contributed by atoms with Crippen LogP contribution in [0.15, 0.2) is 89.8 Å². The van der Waals surface area contributed by atoms with Crippen LogP contribution in [0.2, 0.25) is 0 Å². The predicted molar refractivity (Wildman–Crippen MR) is 208 cm³/mol. The van der Waals surface area contributed by atoms with Gasteiger partial charge in [-0.3, -0.25) is 4.90 Å². The maximum absolute atomic E-state index is 14.4. The number of carbonyl (C=O) groups is 1. The van der Waals surface area contributed by atoms with E-state index in [1.165, 1.54) is 29.6 Å². The maximum Gasteiger partial charge on any atom is 0.412 e. The molecular formula is C43H49F2N3O7S. The lowest BCUT2D eigenvalue weighted by Crippen LogP contribution is -2.52. The largest absolute Gasteiger partial charge is 0.497 e. The monoisotopic (exact) mass is 789 g/mol. The molecule has 298 valence electrons. The summed E-state index contributed by atoms with van der Waals surface area (Å²) in [5, 5.41) is 9.83. The van der Waals surface area contributed by atoms with Crippen LogP contribution < -0.4 is 9.47 Å². The number of nitriles is 1. The van der Waals surface area contributed by atoms with Crippen molar-refractivity contribution in [2.24, 2.45) is 5.92 Å². The highest BCUT2D eigenvalue weighted by Gasteiger charge is 2.52. The van der Waals surface area contributed by atoms with Gasteiger partial charge in [-0.1, -0.05) is 38.1 Å². The molecule has 1 aliphatic heterocycles. The van der Waals surface area contributed by atoms with Crippen LogP contribution in [0.1, 0.15) is 65.2 Å². The molecule has 0 spiro atoms. The van der Waals surface area contributed by atoms with Crippen LogP contribution in [0.4, 0.5) is 13.6 Å². The van der Waals surface area contributed by atoms with Gasteiger partial charge in [0.25, 0.3) is 0 Å². The fourth-order valence-electron chi connectivity index (χ4n) is 6.72. The molecule has 10 nitrogen and oxygen atoms in total. The minimum absolute atomic E-state index is 0.00892. The van der Waals surface area contributed by atoms with Crippen LogP contribution in [0.3, 0.4) is 0 Å². The standard InChI is InChI=1S/C43H49F2N3O7S/c1-28(2)25-47(56(50,51)36-18-16-34(52-8)17-19-36)26-40-39(48(43(6,7)54-40)41(49)55-42(3,4)5)21-29-9-14-35(15-10-29)53-27-31-12-11-30(22-32(31)24-46)37-20-13-33(44)23-38(37)45/h9-20,22-23,28,39-40H,21,25-27H2,1-8H3/t39-,40+/m0/s1. The summed E-state index contributed by atoms with van der Waals surface area (Å²) in [6.45, 7) is 13.0. The fourth-order valence-corrected chi connectivity index (χ4v) is 8.33. The number of nitrogens with zero attached hydrogens (tertiary/aromatic N) is 3. The smallest absolute Gasteiger partial charge is 0.412 e. The van der Waals surface area contributed by atoms with E-state index in [9.17, 15) is 27.3 Å². The SMILES string of the molecule is COc1ccc(S(=O)(=O)N(CC(C)C)C[C@H]2OC(C)(C)N(C(=O)OC(C)(C)C)[C@H]2Cc2ccc(OCc3ccc(-c4ccc(F)cc4F)cc3C#N)cc2)cc1. The van der Waals surface area contributed by atoms with Crippen LogP contribution in [0.25, 0.3) is 11.1 Å². The highest BCUT2D eigenvalue weighted by Crippen LogP contribution is 2.37. The van der Waals surface area contributed by atoms with Gasteiger partial charge < -0.3 is 18.9 Å². The molecule has 0 radical (unpaired) electrons. The summed E-state index contributed by atoms with van der Waals surface area (Å²) in [5.74, 6) is -0.369. The Hall–Kier alpha value is -5.03. The minimum atomic E-state index is -3.97. The Morgan fingerprint density at radius 1 is 0.982 bits per heavy atom. The van der Waals surface area contributed by atoms with Crippen molar-refractivity contribution in [2.75, 3.05) is 20.2 Å². The number of halogens is 2. The predicted octanol–water partition coefficient (Wildman–Crippen LogP) is 8.72. The van der Waals surface area contributed by atoms with Gasteiger partial charge in [0.2, 0.25) is 10.0 Å². The van der Waals surface area contributed by atoms with Crippen molar-refractivity contribution in [2.45, 2.75) is 89.9 Å². The lowest BCUT2D eigenvalue weighted by Gasteiger charge is -2.35. The van der Waals surface area contributed by atoms with Gasteiger partial charge in [0, 0.05) is 30.3 Å². The highest BCUT2D eigenvalue weighted by molar-refractivity contribution is 7.89. The van der Waals surface area contributed by atoms with Crippen molar-refractivity contribution in [3.05, 3.63) is 113 Å². The van der Waals surface area contributed by atoms with Gasteiger partial charge in [0.05, 0.1) is 35.8 Å². The molecule has 0 saturated carbocycles. The van der Waals surface area contributed by atoms with Crippen LogP contribution in [0.5, 0.6) is 11.5 Å². The molecule has 2 atom stereocenters. The molecule has 1 aliphatic rings. The van der Waals surface area contributed by atoms with Crippen molar-refractivity contribution in [3.63, 3.8) is 0 Å². The Balaban J connectivity index is 1.38. The van der Waals surface area contributed by atoms with E-state index < -0.39 is 51.2 Å². The topological polar surface area (TPSA) is 118 Å². The molecule has 56 heavy (non-hydrogen) atoms. The summed E-state index contributed by atoms with van der Waals surface area (Å²) in [5.41, 5.74) is 0.402. The molecule has 0 aromatic heterocycles. The summed E-state index contributed by atoms with van der Waals surface area (Å²) in [7, 11) is -2.46. The Morgan fingerprint density at radius 3 is 2.23 bits per heavy atom. The van der Waals surface area contributed by atoms with Crippen molar-refractivity contribution < 1.29 is 40.9 Å². The Bertz CT molecular complexity index is 2160. The van der Waals surface area contributed by atoms with Crippen molar-refractivity contribution >= 4 is 16.1 Å². The number of rotatable bonds is 13. The molecule has 5 rings (SSSR count). The molecule has 0 aliphatic carbocycles. The van der Waals surface area contributed by atoms with Crippen molar-refractivity contribution in [3.8, 4) is 28.7 Å². The Kier molecular flexibility index (Phi) is 12.8. The summed E-state index contributed by atoms with van der Waals surface area (Å²) >= 11 is 0. The summed E-state index contributed by atoms with van der Waals surface area (Å²) in [4.78, 5) is 15.5. The van der Waals surface area contributed by atoms with Gasteiger partial charge in [-0.05, 0) is 113 Å². The van der Waals surface area contributed by atoms with E-state index in [0.29, 0.717) is 34.6 Å². The summed E-state index contributed by atoms with van der Waals surface area (Å²) in [6.07, 6.45) is -0.994. The maximum atomic E-state index is 14.4. The van der Waals surface area contributed by atoms with Crippen LogP contribution in [0, 0.1) is 28.9 Å². The summed E-state index contributed by atoms with van der Waals surface area (Å²) < 4.78 is 81.1. The minimum Gasteiger partial charge on any atom is -0.497 e. The van der Waals surface area contributed by atoms with E-state index in [1.807, 2.05) is 26.0 Å². The number of hydrogen-bond donors (Lipinski definition) is 0. The average Bonchev–Trinajstić information content (AvgIpc) is 3.38. The van der Waals surface area contributed by atoms with E-state index in [1.54, 1.807) is 82.0 Å². The third-order valence-corrected chi connectivity index (χ3v) is 11.1. The highest BCUT2D eigenvalue weighted by atomic mass is 32.2. The zero-order valence-corrected chi connectivity index (χ0v) is 33.8. The average molecular weight is 790 g/mol. The van der Waals surface area contributed by atoms with Crippen LogP contribution >= 0.6 is 0 Å². The van der Waals surface area contributed by atoms with Gasteiger partial charge in [0.1, 0.15) is 41.1 Å². The van der Waals surface area contributed by atoms with E-state index >= 15 is 0 Å². The van der Waals surface area contributed by atoms with Gasteiger partial charge in [0.15, 0.2) is 0 Å². The zero-order chi connectivity index (χ0) is 41.0.